The molecule has 1 aliphatic rings. The molecule has 0 amide bonds. The lowest BCUT2D eigenvalue weighted by Crippen LogP contribution is -1.69. The average molecular weight is 156 g/mol. The van der Waals surface area contributed by atoms with Crippen LogP contribution in [-0.4, -0.2) is 0 Å². The summed E-state index contributed by atoms with van der Waals surface area (Å²) < 4.78 is 5.29. The molecule has 0 radical (unpaired) electrons. The topological polar surface area (TPSA) is 9.23 Å². The minimum atomic E-state index is 0.563. The fraction of sp³-hybridized carbons (Fsp3) is 0. The Labute approximate surface area is 59.4 Å². The van der Waals surface area contributed by atoms with E-state index in [0.29, 0.717) is 8.01 Å². The van der Waals surface area contributed by atoms with Crippen LogP contribution in [0.25, 0.3) is 0 Å². The van der Waals surface area contributed by atoms with Crippen LogP contribution < -0.4 is 4.52 Å². The van der Waals surface area contributed by atoms with Crippen LogP contribution in [0, 0.1) is 0 Å². The van der Waals surface area contributed by atoms with Gasteiger partial charge in [0, 0.05) is 0 Å². The van der Waals surface area contributed by atoms with Crippen LogP contribution in [0.5, 0.6) is 5.75 Å². The predicted octanol–water partition coefficient (Wildman–Crippen LogP) is 2.68. The molecule has 1 aromatic rings. The predicted molar refractivity (Wildman–Crippen MR) is 41.2 cm³/mol. The van der Waals surface area contributed by atoms with Gasteiger partial charge in [0.2, 0.25) is 0 Å². The summed E-state index contributed by atoms with van der Waals surface area (Å²) in [6.07, 6.45) is 0. The van der Waals surface area contributed by atoms with E-state index in [9.17, 15) is 0 Å². The summed E-state index contributed by atoms with van der Waals surface area (Å²) >= 11 is 1.77. The second-order valence-corrected chi connectivity index (χ2v) is 3.86. The molecule has 0 bridgehead atoms. The maximum absolute atomic E-state index is 5.29. The van der Waals surface area contributed by atoms with E-state index in [2.05, 4.69) is 6.07 Å². The molecule has 3 heteroatoms. The zero-order valence-electron chi connectivity index (χ0n) is 4.63. The number of benzene rings is 1. The molecule has 0 saturated heterocycles. The molecule has 9 heavy (non-hydrogen) atoms. The highest BCUT2D eigenvalue weighted by molar-refractivity contribution is 8.48. The second-order valence-electron chi connectivity index (χ2n) is 1.73. The molecule has 0 N–H and O–H groups in total. The molecule has 0 aliphatic carbocycles. The van der Waals surface area contributed by atoms with E-state index in [1.165, 1.54) is 4.90 Å². The minimum absolute atomic E-state index is 0.563. The first kappa shape index (κ1) is 5.57. The van der Waals surface area contributed by atoms with E-state index in [-0.39, 0.29) is 0 Å². The Morgan fingerprint density at radius 2 is 2.22 bits per heavy atom. The van der Waals surface area contributed by atoms with Gasteiger partial charge in [0.1, 0.15) is 13.8 Å². The van der Waals surface area contributed by atoms with Crippen molar-refractivity contribution in [2.24, 2.45) is 0 Å². The summed E-state index contributed by atoms with van der Waals surface area (Å²) in [5.41, 5.74) is 0. The van der Waals surface area contributed by atoms with Gasteiger partial charge in [-0.2, -0.15) is 0 Å². The van der Waals surface area contributed by atoms with Crippen molar-refractivity contribution in [2.75, 3.05) is 0 Å². The van der Waals surface area contributed by atoms with E-state index in [1.54, 1.807) is 11.4 Å². The van der Waals surface area contributed by atoms with E-state index < -0.39 is 0 Å². The lowest BCUT2D eigenvalue weighted by molar-refractivity contribution is 0.633. The SMILES string of the molecule is c1ccc2c(c1)OPS2. The lowest BCUT2D eigenvalue weighted by atomic mass is 10.3. The van der Waals surface area contributed by atoms with Crippen LogP contribution in [0.1, 0.15) is 0 Å². The molecule has 2 rings (SSSR count). The first-order chi connectivity index (χ1) is 4.47. The summed E-state index contributed by atoms with van der Waals surface area (Å²) in [6, 6.07) is 8.11. The highest BCUT2D eigenvalue weighted by Gasteiger charge is 2.09. The fourth-order valence-corrected chi connectivity index (χ4v) is 2.73. The third kappa shape index (κ3) is 0.930. The maximum atomic E-state index is 5.29. The smallest absolute Gasteiger partial charge is 0.139 e. The van der Waals surface area contributed by atoms with E-state index >= 15 is 0 Å². The number of hydrogen-bond acceptors (Lipinski definition) is 2. The largest absolute Gasteiger partial charge is 0.465 e. The highest BCUT2D eigenvalue weighted by atomic mass is 32.7. The quantitative estimate of drug-likeness (QED) is 0.534. The van der Waals surface area contributed by atoms with Gasteiger partial charge in [0.25, 0.3) is 0 Å². The van der Waals surface area contributed by atoms with Gasteiger partial charge in [-0.3, -0.25) is 0 Å². The zero-order valence-corrected chi connectivity index (χ0v) is 6.44. The highest BCUT2D eigenvalue weighted by Crippen LogP contribution is 2.50. The Bertz CT molecular complexity index is 203. The summed E-state index contributed by atoms with van der Waals surface area (Å²) in [5.74, 6) is 1.04. The Morgan fingerprint density at radius 3 is 3.11 bits per heavy atom. The Balaban J connectivity index is 2.54. The van der Waals surface area contributed by atoms with Crippen molar-refractivity contribution in [2.45, 2.75) is 4.90 Å². The van der Waals surface area contributed by atoms with Crippen molar-refractivity contribution < 1.29 is 4.52 Å². The molecule has 0 aromatic heterocycles. The van der Waals surface area contributed by atoms with Gasteiger partial charge < -0.3 is 4.52 Å². The average Bonchev–Trinajstić information content (AvgIpc) is 2.33. The summed E-state index contributed by atoms with van der Waals surface area (Å²) in [7, 11) is 0.563. The van der Waals surface area contributed by atoms with Crippen molar-refractivity contribution in [1.82, 2.24) is 0 Å². The van der Waals surface area contributed by atoms with Crippen molar-refractivity contribution >= 4 is 19.4 Å². The number of para-hydroxylation sites is 1. The number of hydrogen-bond donors (Lipinski definition) is 0. The third-order valence-corrected chi connectivity index (χ3v) is 3.26. The van der Waals surface area contributed by atoms with Crippen molar-refractivity contribution in [1.29, 1.82) is 0 Å². The molecule has 0 saturated carbocycles. The zero-order chi connectivity index (χ0) is 6.10. The first-order valence-corrected chi connectivity index (χ1v) is 5.09. The molecule has 1 nitrogen and oxygen atoms in total. The lowest BCUT2D eigenvalue weighted by Gasteiger charge is -1.91. The Kier molecular flexibility index (Phi) is 1.36. The van der Waals surface area contributed by atoms with Gasteiger partial charge in [0.05, 0.1) is 4.90 Å². The maximum Gasteiger partial charge on any atom is 0.139 e. The van der Waals surface area contributed by atoms with Crippen LogP contribution in [0.2, 0.25) is 0 Å². The van der Waals surface area contributed by atoms with Crippen molar-refractivity contribution in [3.05, 3.63) is 24.3 Å². The third-order valence-electron chi connectivity index (χ3n) is 1.15. The Hall–Kier alpha value is -0.200. The molecule has 46 valence electrons. The van der Waals surface area contributed by atoms with Crippen LogP contribution in [0.4, 0.5) is 0 Å². The first-order valence-electron chi connectivity index (χ1n) is 2.64. The van der Waals surface area contributed by atoms with Crippen molar-refractivity contribution in [3.63, 3.8) is 0 Å². The van der Waals surface area contributed by atoms with Gasteiger partial charge in [-0.05, 0) is 12.1 Å². The molecular weight excluding hydrogens is 151 g/mol. The second kappa shape index (κ2) is 2.20. The van der Waals surface area contributed by atoms with Crippen LogP contribution >= 0.6 is 19.4 Å². The van der Waals surface area contributed by atoms with E-state index in [1.807, 2.05) is 18.2 Å². The minimum Gasteiger partial charge on any atom is -0.465 e. The molecule has 1 unspecified atom stereocenters. The Morgan fingerprint density at radius 1 is 1.33 bits per heavy atom. The summed E-state index contributed by atoms with van der Waals surface area (Å²) in [6.45, 7) is 0. The standard InChI is InChI=1S/C6H5OPS/c1-2-4-6-5(3-1)7-8-9-6/h1-4,8H. The van der Waals surface area contributed by atoms with Crippen LogP contribution in [-0.2, 0) is 0 Å². The fourth-order valence-electron chi connectivity index (χ4n) is 0.729. The summed E-state index contributed by atoms with van der Waals surface area (Å²) in [5, 5.41) is 0. The van der Waals surface area contributed by atoms with Crippen LogP contribution in [0.3, 0.4) is 0 Å². The molecule has 1 aliphatic heterocycles. The molecule has 1 atom stereocenters. The molecule has 0 fully saturated rings. The molecule has 1 heterocycles. The molecule has 0 spiro atoms. The van der Waals surface area contributed by atoms with Gasteiger partial charge >= 0.3 is 0 Å². The number of rotatable bonds is 0. The monoisotopic (exact) mass is 156 g/mol. The van der Waals surface area contributed by atoms with Crippen LogP contribution in [0.15, 0.2) is 29.2 Å². The van der Waals surface area contributed by atoms with Crippen molar-refractivity contribution in [3.8, 4) is 5.75 Å². The van der Waals surface area contributed by atoms with Gasteiger partial charge in [-0.1, -0.05) is 23.5 Å². The van der Waals surface area contributed by atoms with Gasteiger partial charge in [-0.25, -0.2) is 0 Å². The number of fused-ring (bicyclic) bond motifs is 1. The summed E-state index contributed by atoms with van der Waals surface area (Å²) in [4.78, 5) is 1.27. The van der Waals surface area contributed by atoms with E-state index in [4.69, 9.17) is 4.52 Å². The molecular formula is C6H5OPS. The van der Waals surface area contributed by atoms with E-state index in [0.717, 1.165) is 5.75 Å². The molecule has 1 aromatic carbocycles. The van der Waals surface area contributed by atoms with Gasteiger partial charge in [0.15, 0.2) is 0 Å². The normalized spacial score (nSPS) is 17.3. The van der Waals surface area contributed by atoms with Gasteiger partial charge in [-0.15, -0.1) is 0 Å².